The van der Waals surface area contributed by atoms with E-state index in [1.807, 2.05) is 6.08 Å². The van der Waals surface area contributed by atoms with Crippen molar-refractivity contribution in [3.63, 3.8) is 0 Å². The first-order chi connectivity index (χ1) is 25.1. The minimum atomic E-state index is -1.18. The molecular weight excluding hydrogens is 672 g/mol. The van der Waals surface area contributed by atoms with E-state index in [2.05, 4.69) is 84.4 Å². The molecule has 280 valence electrons. The van der Waals surface area contributed by atoms with E-state index in [-0.39, 0.29) is 24.1 Å². The Morgan fingerprint density at radius 2 is 1.13 bits per heavy atom. The van der Waals surface area contributed by atoms with Crippen LogP contribution >= 0.6 is 11.6 Å². The summed E-state index contributed by atoms with van der Waals surface area (Å²) in [6.45, 7) is 6.08. The van der Waals surface area contributed by atoms with Crippen LogP contribution in [0.1, 0.15) is 101 Å². The lowest BCUT2D eigenvalue weighted by Crippen LogP contribution is -2.47. The molecule has 1 unspecified atom stereocenters. The molecule has 0 bridgehead atoms. The summed E-state index contributed by atoms with van der Waals surface area (Å²) in [7, 11) is 0. The van der Waals surface area contributed by atoms with Crippen LogP contribution in [-0.2, 0) is 9.59 Å². The summed E-state index contributed by atoms with van der Waals surface area (Å²) < 4.78 is 5.90. The fraction of sp³-hybridized carbons (Fsp3) is 0.386. The van der Waals surface area contributed by atoms with Crippen LogP contribution in [0.15, 0.2) is 121 Å². The van der Waals surface area contributed by atoms with E-state index in [1.165, 1.54) is 0 Å². The predicted octanol–water partition coefficient (Wildman–Crippen LogP) is 9.58. The molecule has 3 N–H and O–H groups in total. The molecule has 0 saturated heterocycles. The average Bonchev–Trinajstić information content (AvgIpc) is 3.12. The first kappa shape index (κ1) is 43.7. The molecule has 0 aromatic heterocycles. The van der Waals surface area contributed by atoms with E-state index in [9.17, 15) is 19.5 Å². The molecule has 7 nitrogen and oxygen atoms in total. The quantitative estimate of drug-likeness (QED) is 0.0698. The van der Waals surface area contributed by atoms with Crippen LogP contribution < -0.4 is 15.4 Å². The lowest BCUT2D eigenvalue weighted by Gasteiger charge is -2.25. The van der Waals surface area contributed by atoms with Gasteiger partial charge in [0.05, 0.1) is 6.10 Å². The smallest absolute Gasteiger partial charge is 0.263 e. The van der Waals surface area contributed by atoms with Crippen molar-refractivity contribution in [1.29, 1.82) is 0 Å². The summed E-state index contributed by atoms with van der Waals surface area (Å²) in [5.41, 5.74) is -0.157. The average molecular weight is 729 g/mol. The van der Waals surface area contributed by atoms with E-state index in [1.54, 1.807) is 62.4 Å². The molecular formula is C44H57ClN2O5. The third-order valence-corrected chi connectivity index (χ3v) is 8.09. The lowest BCUT2D eigenvalue weighted by atomic mass is 10.0. The molecule has 2 amide bonds. The number of ether oxygens (including phenoxy) is 1. The summed E-state index contributed by atoms with van der Waals surface area (Å²) in [4.78, 5) is 37.6. The Labute approximate surface area is 316 Å². The van der Waals surface area contributed by atoms with Gasteiger partial charge in [0.1, 0.15) is 5.75 Å². The Balaban J connectivity index is 1.51. The second-order valence-corrected chi connectivity index (χ2v) is 13.2. The van der Waals surface area contributed by atoms with E-state index in [0.717, 1.165) is 38.5 Å². The highest BCUT2D eigenvalue weighted by Crippen LogP contribution is 2.21. The number of hydrogen-bond donors (Lipinski definition) is 3. The molecule has 0 spiro atoms. The molecule has 1 atom stereocenters. The van der Waals surface area contributed by atoms with Crippen LogP contribution in [0.2, 0.25) is 5.02 Å². The number of amides is 2. The van der Waals surface area contributed by atoms with Gasteiger partial charge in [-0.15, -0.1) is 0 Å². The highest BCUT2D eigenvalue weighted by Gasteiger charge is 2.29. The summed E-state index contributed by atoms with van der Waals surface area (Å²) in [6.07, 6.45) is 32.7. The summed E-state index contributed by atoms with van der Waals surface area (Å²) in [6, 6.07) is 13.3. The van der Waals surface area contributed by atoms with Crippen molar-refractivity contribution in [2.24, 2.45) is 0 Å². The Hall–Kier alpha value is -4.46. The van der Waals surface area contributed by atoms with Gasteiger partial charge in [-0.3, -0.25) is 14.4 Å². The fourth-order valence-corrected chi connectivity index (χ4v) is 4.94. The number of nitrogens with one attached hydrogen (secondary N) is 2. The molecule has 0 aliphatic carbocycles. The molecule has 2 rings (SSSR count). The van der Waals surface area contributed by atoms with Gasteiger partial charge in [-0.1, -0.05) is 91.4 Å². The largest absolute Gasteiger partial charge is 0.478 e. The van der Waals surface area contributed by atoms with E-state index < -0.39 is 11.7 Å². The van der Waals surface area contributed by atoms with Crippen molar-refractivity contribution in [3.05, 3.63) is 138 Å². The van der Waals surface area contributed by atoms with E-state index >= 15 is 0 Å². The van der Waals surface area contributed by atoms with Crippen LogP contribution in [0, 0.1) is 0 Å². The van der Waals surface area contributed by atoms with Gasteiger partial charge in [0.15, 0.2) is 11.4 Å². The maximum atomic E-state index is 12.8. The first-order valence-corrected chi connectivity index (χ1v) is 18.7. The zero-order valence-electron chi connectivity index (χ0n) is 31.1. The van der Waals surface area contributed by atoms with E-state index in [4.69, 9.17) is 16.3 Å². The molecule has 0 fully saturated rings. The third-order valence-electron chi connectivity index (χ3n) is 7.84. The highest BCUT2D eigenvalue weighted by molar-refractivity contribution is 6.30. The second-order valence-electron chi connectivity index (χ2n) is 12.8. The van der Waals surface area contributed by atoms with Crippen molar-refractivity contribution in [2.45, 2.75) is 96.7 Å². The molecule has 0 heterocycles. The first-order valence-electron chi connectivity index (χ1n) is 18.3. The standard InChI is InChI=1S/C44H57ClN2O5/c1-4-5-6-7-8-9-10-11-12-13-14-15-16-17-18-19-20-21-22-23-41(49)46-34-32-39(48)33-35-47-43(51)44(2,3)52-40-30-26-37(27-31-40)42(50)36-24-28-38(45)29-25-36/h5-6,8-9,11-12,14-15,17-18,20-21,24-31,39,48H,4,7,10,13,16,19,22-23,32-35H2,1-3H3,(H,46,49)(H,47,51)/b6-5-,9-8-,12-11-,15-14-,18-17-,21-20-. The van der Waals surface area contributed by atoms with Crippen LogP contribution in [-0.4, -0.2) is 47.5 Å². The number of aliphatic hydroxyl groups is 1. The summed E-state index contributed by atoms with van der Waals surface area (Å²) in [5.74, 6) is -0.0753. The SMILES string of the molecule is CC/C=C\C/C=C\C/C=C\C/C=C\C/C=C\C/C=C\CCC(=O)NCCC(O)CCNC(=O)C(C)(C)Oc1ccc(C(=O)c2ccc(Cl)cc2)cc1. The van der Waals surface area contributed by atoms with E-state index in [0.29, 0.717) is 54.1 Å². The van der Waals surface area contributed by atoms with Crippen LogP contribution in [0.25, 0.3) is 0 Å². The number of carbonyl (C=O) groups is 3. The number of halogens is 1. The van der Waals surface area contributed by atoms with Gasteiger partial charge >= 0.3 is 0 Å². The molecule has 0 aliphatic rings. The maximum absolute atomic E-state index is 12.8. The van der Waals surface area contributed by atoms with Gasteiger partial charge in [-0.05, 0) is 120 Å². The minimum absolute atomic E-state index is 0.0543. The highest BCUT2D eigenvalue weighted by atomic mass is 35.5. The minimum Gasteiger partial charge on any atom is -0.478 e. The fourth-order valence-electron chi connectivity index (χ4n) is 4.81. The zero-order chi connectivity index (χ0) is 37.9. The van der Waals surface area contributed by atoms with Crippen LogP contribution in [0.4, 0.5) is 0 Å². The zero-order valence-corrected chi connectivity index (χ0v) is 31.8. The molecule has 8 heteroatoms. The molecule has 0 radical (unpaired) electrons. The van der Waals surface area contributed by atoms with Gasteiger partial charge in [-0.2, -0.15) is 0 Å². The molecule has 2 aromatic rings. The number of rotatable bonds is 25. The Morgan fingerprint density at radius 1 is 0.692 bits per heavy atom. The second kappa shape index (κ2) is 26.3. The van der Waals surface area contributed by atoms with Crippen LogP contribution in [0.3, 0.4) is 0 Å². The van der Waals surface area contributed by atoms with Gasteiger partial charge in [0.2, 0.25) is 5.91 Å². The topological polar surface area (TPSA) is 105 Å². The van der Waals surface area contributed by atoms with Gasteiger partial charge in [0.25, 0.3) is 5.91 Å². The number of aliphatic hydroxyl groups excluding tert-OH is 1. The van der Waals surface area contributed by atoms with Crippen molar-refractivity contribution in [2.75, 3.05) is 13.1 Å². The van der Waals surface area contributed by atoms with Crippen molar-refractivity contribution in [3.8, 4) is 5.75 Å². The normalized spacial score (nSPS) is 12.9. The van der Waals surface area contributed by atoms with Gasteiger partial charge in [0, 0.05) is 35.7 Å². The van der Waals surface area contributed by atoms with Crippen molar-refractivity contribution >= 4 is 29.2 Å². The Kier molecular flexibility index (Phi) is 22.1. The Morgan fingerprint density at radius 3 is 1.63 bits per heavy atom. The molecule has 52 heavy (non-hydrogen) atoms. The van der Waals surface area contributed by atoms with Gasteiger partial charge < -0.3 is 20.5 Å². The number of ketones is 1. The number of hydrogen-bond acceptors (Lipinski definition) is 5. The number of benzene rings is 2. The third kappa shape index (κ3) is 19.8. The maximum Gasteiger partial charge on any atom is 0.263 e. The van der Waals surface area contributed by atoms with Crippen molar-refractivity contribution in [1.82, 2.24) is 10.6 Å². The number of carbonyl (C=O) groups excluding carboxylic acids is 3. The summed E-state index contributed by atoms with van der Waals surface area (Å²) in [5, 5.41) is 16.5. The van der Waals surface area contributed by atoms with Crippen LogP contribution in [0.5, 0.6) is 5.75 Å². The molecule has 0 saturated carbocycles. The lowest BCUT2D eigenvalue weighted by molar-refractivity contribution is -0.134. The molecule has 0 aliphatic heterocycles. The number of allylic oxidation sites excluding steroid dienone is 12. The van der Waals surface area contributed by atoms with Gasteiger partial charge in [-0.25, -0.2) is 0 Å². The summed E-state index contributed by atoms with van der Waals surface area (Å²) >= 11 is 5.91. The van der Waals surface area contributed by atoms with Crippen molar-refractivity contribution < 1.29 is 24.2 Å². The Bertz CT molecular complexity index is 1520. The predicted molar refractivity (Wildman–Crippen MR) is 215 cm³/mol. The molecule has 2 aromatic carbocycles. The monoisotopic (exact) mass is 728 g/mol.